The number of hydrogen-bond acceptors (Lipinski definition) is 5. The Hall–Kier alpha value is -3.45. The zero-order chi connectivity index (χ0) is 24.1. The molecule has 3 aromatic carbocycles. The van der Waals surface area contributed by atoms with Crippen LogP contribution in [0.15, 0.2) is 81.1 Å². The molecule has 0 bridgehead atoms. The van der Waals surface area contributed by atoms with E-state index in [1.54, 1.807) is 19.4 Å². The zero-order valence-corrected chi connectivity index (χ0v) is 21.0. The molecule has 0 aliphatic carbocycles. The Balaban J connectivity index is 1.78. The Morgan fingerprint density at radius 2 is 1.91 bits per heavy atom. The Morgan fingerprint density at radius 3 is 2.65 bits per heavy atom. The van der Waals surface area contributed by atoms with E-state index in [-0.39, 0.29) is 11.5 Å². The lowest BCUT2D eigenvalue weighted by molar-refractivity contribution is 0.284. The van der Waals surface area contributed by atoms with Crippen LogP contribution in [-0.4, -0.2) is 23.0 Å². The van der Waals surface area contributed by atoms with E-state index < -0.39 is 0 Å². The highest BCUT2D eigenvalue weighted by atomic mass is 79.9. The molecule has 4 aromatic rings. The molecule has 0 aliphatic heterocycles. The fraction of sp³-hybridized carbons (Fsp3) is 0.222. The van der Waals surface area contributed by atoms with Crippen LogP contribution in [0.25, 0.3) is 10.9 Å². The molecule has 0 spiro atoms. The summed E-state index contributed by atoms with van der Waals surface area (Å²) < 4.78 is 13.9. The van der Waals surface area contributed by atoms with Crippen molar-refractivity contribution < 1.29 is 9.47 Å². The van der Waals surface area contributed by atoms with E-state index in [1.165, 1.54) is 4.68 Å². The molecule has 7 heteroatoms. The minimum Gasteiger partial charge on any atom is -0.493 e. The number of nitrogens with zero attached hydrogens (tertiary/aromatic N) is 3. The standard InChI is InChI=1S/C27H26BrN3O3/c1-4-18(2)26-30-23-14-13-21(28)15-22(23)27(32)31(26)29-16-20-11-8-12-24(33-3)25(20)34-17-19-9-6-5-7-10-19/h5-16,18H,4,17H2,1-3H3/t18-/m0/s1. The molecule has 0 radical (unpaired) electrons. The molecule has 0 saturated carbocycles. The van der Waals surface area contributed by atoms with Gasteiger partial charge in [-0.1, -0.05) is 66.2 Å². The van der Waals surface area contributed by atoms with Gasteiger partial charge in [0, 0.05) is 16.0 Å². The third kappa shape index (κ3) is 5.04. The SMILES string of the molecule is CC[C@H](C)c1nc2ccc(Br)cc2c(=O)n1N=Cc1cccc(OC)c1OCc1ccccc1. The summed E-state index contributed by atoms with van der Waals surface area (Å²) in [6.07, 6.45) is 2.45. The van der Waals surface area contributed by atoms with E-state index in [0.29, 0.717) is 40.4 Å². The van der Waals surface area contributed by atoms with Crippen LogP contribution in [0.1, 0.15) is 43.1 Å². The topological polar surface area (TPSA) is 65.7 Å². The van der Waals surface area contributed by atoms with E-state index >= 15 is 0 Å². The van der Waals surface area contributed by atoms with Crippen molar-refractivity contribution in [2.24, 2.45) is 5.10 Å². The second-order valence-electron chi connectivity index (χ2n) is 7.96. The Bertz CT molecular complexity index is 1380. The van der Waals surface area contributed by atoms with Gasteiger partial charge in [0.2, 0.25) is 0 Å². The molecular formula is C27H26BrN3O3. The van der Waals surface area contributed by atoms with Crippen LogP contribution in [0.3, 0.4) is 0 Å². The van der Waals surface area contributed by atoms with Crippen LogP contribution in [0.2, 0.25) is 0 Å². The summed E-state index contributed by atoms with van der Waals surface area (Å²) in [7, 11) is 1.60. The van der Waals surface area contributed by atoms with Crippen molar-refractivity contribution in [3.8, 4) is 11.5 Å². The number of para-hydroxylation sites is 1. The van der Waals surface area contributed by atoms with E-state index in [4.69, 9.17) is 14.5 Å². The summed E-state index contributed by atoms with van der Waals surface area (Å²) in [5, 5.41) is 5.09. The Kier molecular flexibility index (Phi) is 7.43. The minimum absolute atomic E-state index is 0.0528. The van der Waals surface area contributed by atoms with Gasteiger partial charge in [-0.15, -0.1) is 0 Å². The van der Waals surface area contributed by atoms with Crippen LogP contribution in [-0.2, 0) is 6.61 Å². The molecule has 0 unspecified atom stereocenters. The van der Waals surface area contributed by atoms with Crippen molar-refractivity contribution in [3.05, 3.63) is 98.5 Å². The van der Waals surface area contributed by atoms with Crippen molar-refractivity contribution in [3.63, 3.8) is 0 Å². The Morgan fingerprint density at radius 1 is 1.12 bits per heavy atom. The molecule has 0 N–H and O–H groups in total. The number of fused-ring (bicyclic) bond motifs is 1. The van der Waals surface area contributed by atoms with Crippen molar-refractivity contribution in [1.29, 1.82) is 0 Å². The van der Waals surface area contributed by atoms with Gasteiger partial charge < -0.3 is 9.47 Å². The first-order chi connectivity index (χ1) is 16.5. The maximum atomic E-state index is 13.4. The van der Waals surface area contributed by atoms with Crippen LogP contribution in [0, 0.1) is 0 Å². The van der Waals surface area contributed by atoms with Crippen LogP contribution in [0.4, 0.5) is 0 Å². The number of rotatable bonds is 8. The number of halogens is 1. The predicted molar refractivity (Wildman–Crippen MR) is 139 cm³/mol. The van der Waals surface area contributed by atoms with Gasteiger partial charge in [-0.25, -0.2) is 4.98 Å². The van der Waals surface area contributed by atoms with Crippen LogP contribution in [0.5, 0.6) is 11.5 Å². The number of benzene rings is 3. The lowest BCUT2D eigenvalue weighted by Gasteiger charge is -2.15. The zero-order valence-electron chi connectivity index (χ0n) is 19.4. The molecule has 0 saturated heterocycles. The minimum atomic E-state index is -0.215. The summed E-state index contributed by atoms with van der Waals surface area (Å²) >= 11 is 3.45. The predicted octanol–water partition coefficient (Wildman–Crippen LogP) is 6.14. The van der Waals surface area contributed by atoms with Gasteiger partial charge in [0.1, 0.15) is 12.4 Å². The normalized spacial score (nSPS) is 12.2. The third-order valence-electron chi connectivity index (χ3n) is 5.65. The fourth-order valence-corrected chi connectivity index (χ4v) is 3.94. The average Bonchev–Trinajstić information content (AvgIpc) is 2.87. The van der Waals surface area contributed by atoms with Gasteiger partial charge >= 0.3 is 0 Å². The van der Waals surface area contributed by atoms with Crippen LogP contribution >= 0.6 is 15.9 Å². The molecule has 34 heavy (non-hydrogen) atoms. The molecule has 4 rings (SSSR count). The maximum Gasteiger partial charge on any atom is 0.282 e. The first kappa shape index (κ1) is 23.7. The molecular weight excluding hydrogens is 494 g/mol. The first-order valence-corrected chi connectivity index (χ1v) is 11.9. The molecule has 0 amide bonds. The maximum absolute atomic E-state index is 13.4. The molecule has 174 valence electrons. The highest BCUT2D eigenvalue weighted by Crippen LogP contribution is 2.31. The quantitative estimate of drug-likeness (QED) is 0.262. The summed E-state index contributed by atoms with van der Waals surface area (Å²) in [6.45, 7) is 4.48. The highest BCUT2D eigenvalue weighted by molar-refractivity contribution is 9.10. The molecule has 0 aliphatic rings. The first-order valence-electron chi connectivity index (χ1n) is 11.1. The summed E-state index contributed by atoms with van der Waals surface area (Å²) in [6, 6.07) is 21.0. The van der Waals surface area contributed by atoms with E-state index in [9.17, 15) is 4.79 Å². The lowest BCUT2D eigenvalue weighted by Crippen LogP contribution is -2.23. The number of ether oxygens (including phenoxy) is 2. The summed E-state index contributed by atoms with van der Waals surface area (Å²) in [5.41, 5.74) is 2.18. The lowest BCUT2D eigenvalue weighted by atomic mass is 10.1. The molecule has 1 aromatic heterocycles. The number of methoxy groups -OCH3 is 1. The van der Waals surface area contributed by atoms with Crippen molar-refractivity contribution in [1.82, 2.24) is 9.66 Å². The van der Waals surface area contributed by atoms with Gasteiger partial charge in [0.05, 0.1) is 24.2 Å². The van der Waals surface area contributed by atoms with Gasteiger partial charge in [-0.3, -0.25) is 4.79 Å². The van der Waals surface area contributed by atoms with E-state index in [0.717, 1.165) is 16.5 Å². The van der Waals surface area contributed by atoms with E-state index in [1.807, 2.05) is 67.6 Å². The second kappa shape index (κ2) is 10.7. The summed E-state index contributed by atoms with van der Waals surface area (Å²) in [4.78, 5) is 18.2. The fourth-order valence-electron chi connectivity index (χ4n) is 3.58. The van der Waals surface area contributed by atoms with Crippen molar-refractivity contribution in [2.45, 2.75) is 32.8 Å². The molecule has 6 nitrogen and oxygen atoms in total. The van der Waals surface area contributed by atoms with Crippen LogP contribution < -0.4 is 15.0 Å². The molecule has 0 fully saturated rings. The monoisotopic (exact) mass is 519 g/mol. The van der Waals surface area contributed by atoms with Crippen molar-refractivity contribution in [2.75, 3.05) is 7.11 Å². The van der Waals surface area contributed by atoms with Gasteiger partial charge in [-0.2, -0.15) is 9.78 Å². The van der Waals surface area contributed by atoms with Gasteiger partial charge in [-0.05, 0) is 42.3 Å². The van der Waals surface area contributed by atoms with E-state index in [2.05, 4.69) is 28.0 Å². The second-order valence-corrected chi connectivity index (χ2v) is 8.87. The van der Waals surface area contributed by atoms with Gasteiger partial charge in [0.25, 0.3) is 5.56 Å². The number of hydrogen-bond donors (Lipinski definition) is 0. The average molecular weight is 520 g/mol. The molecule has 1 heterocycles. The Labute approximate surface area is 207 Å². The smallest absolute Gasteiger partial charge is 0.282 e. The number of aromatic nitrogens is 2. The highest BCUT2D eigenvalue weighted by Gasteiger charge is 2.16. The van der Waals surface area contributed by atoms with Crippen molar-refractivity contribution >= 4 is 33.0 Å². The largest absolute Gasteiger partial charge is 0.493 e. The summed E-state index contributed by atoms with van der Waals surface area (Å²) in [5.74, 6) is 1.83. The van der Waals surface area contributed by atoms with Gasteiger partial charge in [0.15, 0.2) is 11.5 Å². The third-order valence-corrected chi connectivity index (χ3v) is 6.15. The molecule has 1 atom stereocenters.